The average Bonchev–Trinajstić information content (AvgIpc) is 2.54. The number of benzene rings is 2. The molecule has 0 spiro atoms. The summed E-state index contributed by atoms with van der Waals surface area (Å²) in [5.74, 6) is -1.33. The van der Waals surface area contributed by atoms with Crippen LogP contribution in [-0.2, 0) is 0 Å². The van der Waals surface area contributed by atoms with Gasteiger partial charge in [0, 0.05) is 11.1 Å². The topological polar surface area (TPSA) is 70.2 Å². The van der Waals surface area contributed by atoms with Crippen molar-refractivity contribution in [2.75, 3.05) is 0 Å². The predicted molar refractivity (Wildman–Crippen MR) is 88.2 cm³/mol. The van der Waals surface area contributed by atoms with Crippen molar-refractivity contribution in [2.24, 2.45) is 0 Å². The van der Waals surface area contributed by atoms with Gasteiger partial charge in [0.15, 0.2) is 5.11 Å². The molecule has 2 rings (SSSR count). The Labute approximate surface area is 137 Å². The van der Waals surface area contributed by atoms with Crippen LogP contribution in [0, 0.1) is 12.7 Å². The first-order chi connectivity index (χ1) is 11.0. The highest BCUT2D eigenvalue weighted by Crippen LogP contribution is 2.03. The van der Waals surface area contributed by atoms with Gasteiger partial charge in [-0.2, -0.15) is 0 Å². The van der Waals surface area contributed by atoms with Crippen molar-refractivity contribution < 1.29 is 14.0 Å². The largest absolute Gasteiger partial charge is 0.298 e. The molecule has 5 nitrogen and oxygen atoms in total. The highest BCUT2D eigenvalue weighted by Gasteiger charge is 2.09. The SMILES string of the molecule is Cc1ccc(C(=O)NNC(=S)NC(=O)c2ccc(F)cc2)cc1. The first-order valence-electron chi connectivity index (χ1n) is 6.69. The van der Waals surface area contributed by atoms with Crippen molar-refractivity contribution in [3.8, 4) is 0 Å². The molecule has 0 fully saturated rings. The summed E-state index contributed by atoms with van der Waals surface area (Å²) in [6.07, 6.45) is 0. The number of hydrogen-bond donors (Lipinski definition) is 3. The Morgan fingerprint density at radius 2 is 1.39 bits per heavy atom. The number of hydrogen-bond acceptors (Lipinski definition) is 3. The van der Waals surface area contributed by atoms with Gasteiger partial charge in [-0.1, -0.05) is 17.7 Å². The molecule has 0 aliphatic carbocycles. The molecular formula is C16H14FN3O2S. The quantitative estimate of drug-likeness (QED) is 0.582. The first kappa shape index (κ1) is 16.6. The molecule has 0 aliphatic heterocycles. The summed E-state index contributed by atoms with van der Waals surface area (Å²) in [5, 5.41) is 2.31. The average molecular weight is 331 g/mol. The van der Waals surface area contributed by atoms with Crippen LogP contribution in [0.1, 0.15) is 26.3 Å². The predicted octanol–water partition coefficient (Wildman–Crippen LogP) is 2.08. The molecule has 0 aliphatic rings. The van der Waals surface area contributed by atoms with Crippen molar-refractivity contribution in [1.82, 2.24) is 16.2 Å². The van der Waals surface area contributed by atoms with Gasteiger partial charge in [0.1, 0.15) is 5.82 Å². The maximum Gasteiger partial charge on any atom is 0.269 e. The van der Waals surface area contributed by atoms with E-state index in [2.05, 4.69) is 16.2 Å². The molecule has 0 unspecified atom stereocenters. The van der Waals surface area contributed by atoms with Crippen LogP contribution in [-0.4, -0.2) is 16.9 Å². The monoisotopic (exact) mass is 331 g/mol. The summed E-state index contributed by atoms with van der Waals surface area (Å²) >= 11 is 4.91. The summed E-state index contributed by atoms with van der Waals surface area (Å²) < 4.78 is 12.8. The zero-order chi connectivity index (χ0) is 16.8. The lowest BCUT2D eigenvalue weighted by Gasteiger charge is -2.11. The van der Waals surface area contributed by atoms with E-state index in [1.54, 1.807) is 12.1 Å². The fraction of sp³-hybridized carbons (Fsp3) is 0.0625. The van der Waals surface area contributed by atoms with E-state index in [1.807, 2.05) is 19.1 Å². The van der Waals surface area contributed by atoms with Crippen molar-refractivity contribution in [2.45, 2.75) is 6.92 Å². The van der Waals surface area contributed by atoms with Crippen LogP contribution in [0.3, 0.4) is 0 Å². The van der Waals surface area contributed by atoms with Crippen LogP contribution in [0.2, 0.25) is 0 Å². The van der Waals surface area contributed by atoms with Crippen LogP contribution in [0.4, 0.5) is 4.39 Å². The fourth-order valence-corrected chi connectivity index (χ4v) is 1.84. The number of carbonyl (C=O) groups excluding carboxylic acids is 2. The molecule has 2 aromatic rings. The van der Waals surface area contributed by atoms with E-state index in [4.69, 9.17) is 12.2 Å². The zero-order valence-electron chi connectivity index (χ0n) is 12.2. The molecule has 7 heteroatoms. The molecule has 2 aromatic carbocycles. The second-order valence-corrected chi connectivity index (χ2v) is 5.14. The van der Waals surface area contributed by atoms with Gasteiger partial charge in [0.25, 0.3) is 11.8 Å². The van der Waals surface area contributed by atoms with E-state index in [9.17, 15) is 14.0 Å². The van der Waals surface area contributed by atoms with Gasteiger partial charge in [-0.15, -0.1) is 0 Å². The van der Waals surface area contributed by atoms with Crippen molar-refractivity contribution >= 4 is 29.1 Å². The molecule has 0 heterocycles. The summed E-state index contributed by atoms with van der Waals surface area (Å²) in [5.41, 5.74) is 6.56. The fourth-order valence-electron chi connectivity index (χ4n) is 1.70. The second kappa shape index (κ2) is 7.46. The lowest BCUT2D eigenvalue weighted by atomic mass is 10.1. The summed E-state index contributed by atoms with van der Waals surface area (Å²) in [7, 11) is 0. The third-order valence-corrected chi connectivity index (χ3v) is 3.14. The number of nitrogens with one attached hydrogen (secondary N) is 3. The minimum atomic E-state index is -0.507. The van der Waals surface area contributed by atoms with Crippen LogP contribution < -0.4 is 16.2 Å². The van der Waals surface area contributed by atoms with Gasteiger partial charge in [0.2, 0.25) is 0 Å². The second-order valence-electron chi connectivity index (χ2n) is 4.74. The molecular weight excluding hydrogens is 317 g/mol. The molecule has 3 N–H and O–H groups in total. The number of rotatable bonds is 2. The molecule has 2 amide bonds. The lowest BCUT2D eigenvalue weighted by molar-refractivity contribution is 0.0934. The summed E-state index contributed by atoms with van der Waals surface area (Å²) in [4.78, 5) is 23.7. The molecule has 0 saturated heterocycles. The minimum absolute atomic E-state index is 0.0696. The molecule has 0 bridgehead atoms. The molecule has 118 valence electrons. The Bertz CT molecular complexity index is 730. The van der Waals surface area contributed by atoms with Crippen LogP contribution >= 0.6 is 12.2 Å². The van der Waals surface area contributed by atoms with E-state index in [0.29, 0.717) is 5.56 Å². The van der Waals surface area contributed by atoms with Gasteiger partial charge in [-0.3, -0.25) is 25.8 Å². The first-order valence-corrected chi connectivity index (χ1v) is 7.10. The number of aryl methyl sites for hydroxylation is 1. The standard InChI is InChI=1S/C16H14FN3O2S/c1-10-2-4-12(5-3-10)15(22)19-20-16(23)18-14(21)11-6-8-13(17)9-7-11/h2-9H,1H3,(H,19,22)(H2,18,20,21,23). The maximum absolute atomic E-state index is 12.8. The van der Waals surface area contributed by atoms with E-state index >= 15 is 0 Å². The van der Waals surface area contributed by atoms with Crippen molar-refractivity contribution in [1.29, 1.82) is 0 Å². The van der Waals surface area contributed by atoms with Crippen LogP contribution in [0.25, 0.3) is 0 Å². The van der Waals surface area contributed by atoms with E-state index in [-0.39, 0.29) is 16.6 Å². The van der Waals surface area contributed by atoms with Gasteiger partial charge in [0.05, 0.1) is 0 Å². The lowest BCUT2D eigenvalue weighted by Crippen LogP contribution is -2.48. The Balaban J connectivity index is 1.85. The third kappa shape index (κ3) is 4.86. The van der Waals surface area contributed by atoms with E-state index in [0.717, 1.165) is 5.56 Å². The zero-order valence-corrected chi connectivity index (χ0v) is 13.0. The number of thiocarbonyl (C=S) groups is 1. The maximum atomic E-state index is 12.8. The van der Waals surface area contributed by atoms with E-state index < -0.39 is 11.7 Å². The molecule has 0 atom stereocenters. The molecule has 23 heavy (non-hydrogen) atoms. The smallest absolute Gasteiger partial charge is 0.269 e. The highest BCUT2D eigenvalue weighted by atomic mass is 32.1. The van der Waals surface area contributed by atoms with Crippen LogP contribution in [0.5, 0.6) is 0 Å². The summed E-state index contributed by atoms with van der Waals surface area (Å²) in [6, 6.07) is 12.0. The van der Waals surface area contributed by atoms with Crippen LogP contribution in [0.15, 0.2) is 48.5 Å². The summed E-state index contributed by atoms with van der Waals surface area (Å²) in [6.45, 7) is 1.92. The number of hydrazine groups is 1. The Hall–Kier alpha value is -2.80. The Kier molecular flexibility index (Phi) is 5.37. The Morgan fingerprint density at radius 3 is 2.00 bits per heavy atom. The number of amides is 2. The Morgan fingerprint density at radius 1 is 0.870 bits per heavy atom. The highest BCUT2D eigenvalue weighted by molar-refractivity contribution is 7.80. The number of halogens is 1. The van der Waals surface area contributed by atoms with Gasteiger partial charge >= 0.3 is 0 Å². The molecule has 0 saturated carbocycles. The molecule has 0 aromatic heterocycles. The normalized spacial score (nSPS) is 9.83. The third-order valence-electron chi connectivity index (χ3n) is 2.94. The minimum Gasteiger partial charge on any atom is -0.298 e. The van der Waals surface area contributed by atoms with Gasteiger partial charge in [-0.25, -0.2) is 4.39 Å². The van der Waals surface area contributed by atoms with Crippen molar-refractivity contribution in [3.63, 3.8) is 0 Å². The van der Waals surface area contributed by atoms with Gasteiger partial charge in [-0.05, 0) is 55.5 Å². The number of carbonyl (C=O) groups is 2. The molecule has 0 radical (unpaired) electrons. The van der Waals surface area contributed by atoms with Crippen molar-refractivity contribution in [3.05, 3.63) is 71.0 Å². The van der Waals surface area contributed by atoms with Gasteiger partial charge < -0.3 is 0 Å². The van der Waals surface area contributed by atoms with E-state index in [1.165, 1.54) is 24.3 Å².